The Morgan fingerprint density at radius 2 is 2.03 bits per heavy atom. The molecule has 7 N–H and O–H groups in total. The molecule has 0 spiro atoms. The highest BCUT2D eigenvalue weighted by molar-refractivity contribution is 7.99. The molecule has 1 amide bonds. The van der Waals surface area contributed by atoms with Crippen molar-refractivity contribution in [3.8, 4) is 0 Å². The predicted molar refractivity (Wildman–Crippen MR) is 122 cm³/mol. The normalized spacial score (nSPS) is 14.9. The first kappa shape index (κ1) is 24.6. The molecule has 1 saturated carbocycles. The summed E-state index contributed by atoms with van der Waals surface area (Å²) in [6.45, 7) is 5.42. The van der Waals surface area contributed by atoms with Crippen LogP contribution in [0.15, 0.2) is 10.3 Å². The number of carbonyl (C=O) groups excluding carboxylic acids is 1. The van der Waals surface area contributed by atoms with Crippen LogP contribution in [0, 0.1) is 5.82 Å². The number of nitrogens with zero attached hydrogens (tertiary/aromatic N) is 1. The quantitative estimate of drug-likeness (QED) is 0.411. The average molecular weight is 455 g/mol. The molecule has 2 heterocycles. The van der Waals surface area contributed by atoms with Gasteiger partial charge in [-0.25, -0.2) is 4.39 Å². The van der Waals surface area contributed by atoms with Crippen molar-refractivity contribution >= 4 is 35.4 Å². The molecule has 0 atom stereocenters. The van der Waals surface area contributed by atoms with Gasteiger partial charge in [0.1, 0.15) is 10.0 Å². The molecule has 2 aromatic rings. The molecule has 1 fully saturated rings. The number of aromatic nitrogens is 1. The number of hydrogen-bond acceptors (Lipinski definition) is 7. The van der Waals surface area contributed by atoms with E-state index in [1.165, 1.54) is 59.2 Å². The van der Waals surface area contributed by atoms with Gasteiger partial charge in [0.05, 0.1) is 5.60 Å². The number of fused-ring (bicyclic) bond motifs is 1. The van der Waals surface area contributed by atoms with Gasteiger partial charge in [-0.05, 0) is 87.4 Å². The first-order chi connectivity index (χ1) is 14.2. The summed E-state index contributed by atoms with van der Waals surface area (Å²) < 4.78 is 13.3. The second-order valence-corrected chi connectivity index (χ2v) is 9.81. The number of anilines is 1. The van der Waals surface area contributed by atoms with Crippen LogP contribution in [0.25, 0.3) is 0 Å². The van der Waals surface area contributed by atoms with Gasteiger partial charge in [0.15, 0.2) is 0 Å². The summed E-state index contributed by atoms with van der Waals surface area (Å²) in [5.41, 5.74) is 15.9. The molecule has 0 unspecified atom stereocenters. The lowest BCUT2D eigenvalue weighted by Gasteiger charge is -2.14. The van der Waals surface area contributed by atoms with E-state index in [4.69, 9.17) is 20.7 Å². The topological polar surface area (TPSA) is 128 Å². The maximum atomic E-state index is 12.9. The lowest BCUT2D eigenvalue weighted by atomic mass is 10.00. The monoisotopic (exact) mass is 454 g/mol. The van der Waals surface area contributed by atoms with Crippen LogP contribution < -0.4 is 16.6 Å². The third-order valence-corrected chi connectivity index (χ3v) is 7.24. The van der Waals surface area contributed by atoms with E-state index >= 15 is 0 Å². The van der Waals surface area contributed by atoms with E-state index in [0.717, 1.165) is 42.8 Å². The first-order valence-corrected chi connectivity index (χ1v) is 11.7. The van der Waals surface area contributed by atoms with Gasteiger partial charge in [-0.2, -0.15) is 0 Å². The minimum absolute atomic E-state index is 0.250. The molecular formula is C21H31FN4O2S2. The maximum Gasteiger partial charge on any atom is 0.204 e. The fraction of sp³-hybridized carbons (Fsp3) is 0.524. The third-order valence-electron chi connectivity index (χ3n) is 5.07. The van der Waals surface area contributed by atoms with Gasteiger partial charge in [0.25, 0.3) is 0 Å². The largest absolute Gasteiger partial charge is 0.398 e. The van der Waals surface area contributed by atoms with Gasteiger partial charge in [-0.1, -0.05) is 6.92 Å². The van der Waals surface area contributed by atoms with Crippen LogP contribution in [0.3, 0.4) is 0 Å². The van der Waals surface area contributed by atoms with Crippen molar-refractivity contribution in [2.75, 3.05) is 5.73 Å². The average Bonchev–Trinajstić information content (AvgIpc) is 3.26. The molecule has 0 bridgehead atoms. The van der Waals surface area contributed by atoms with Crippen molar-refractivity contribution < 1.29 is 14.3 Å². The Hall–Kier alpha value is -1.68. The van der Waals surface area contributed by atoms with Gasteiger partial charge in [-0.15, -0.1) is 11.3 Å². The second-order valence-electron chi connectivity index (χ2n) is 7.85. The zero-order valence-electron chi connectivity index (χ0n) is 17.7. The second kappa shape index (κ2) is 10.6. The lowest BCUT2D eigenvalue weighted by Crippen LogP contribution is -2.12. The van der Waals surface area contributed by atoms with Crippen LogP contribution in [0.2, 0.25) is 0 Å². The Morgan fingerprint density at radius 1 is 1.40 bits per heavy atom. The Labute approximate surface area is 185 Å². The first-order valence-electron chi connectivity index (χ1n) is 10.0. The van der Waals surface area contributed by atoms with Crippen molar-refractivity contribution in [2.45, 2.75) is 75.0 Å². The zero-order valence-corrected chi connectivity index (χ0v) is 19.3. The summed E-state index contributed by atoms with van der Waals surface area (Å²) in [7, 11) is 0. The molecule has 0 saturated heterocycles. The lowest BCUT2D eigenvalue weighted by molar-refractivity contribution is -0.106. The minimum Gasteiger partial charge on any atom is -0.398 e. The fourth-order valence-corrected chi connectivity index (χ4v) is 4.92. The number of amides is 1. The molecule has 0 aliphatic heterocycles. The van der Waals surface area contributed by atoms with Gasteiger partial charge in [-0.3, -0.25) is 14.9 Å². The van der Waals surface area contributed by atoms with Crippen molar-refractivity contribution in [3.63, 3.8) is 0 Å². The van der Waals surface area contributed by atoms with Gasteiger partial charge in [0, 0.05) is 22.0 Å². The Bertz CT molecular complexity index is 877. The van der Waals surface area contributed by atoms with Crippen molar-refractivity contribution in [3.05, 3.63) is 39.3 Å². The van der Waals surface area contributed by atoms with Crippen LogP contribution in [0.4, 0.5) is 10.1 Å². The van der Waals surface area contributed by atoms with E-state index in [0.29, 0.717) is 9.09 Å². The van der Waals surface area contributed by atoms with Crippen LogP contribution in [-0.4, -0.2) is 16.5 Å². The van der Waals surface area contributed by atoms with Gasteiger partial charge in [0.2, 0.25) is 6.41 Å². The van der Waals surface area contributed by atoms with Crippen LogP contribution in [-0.2, 0) is 29.7 Å². The van der Waals surface area contributed by atoms with Crippen molar-refractivity contribution in [2.24, 2.45) is 10.9 Å². The molecule has 9 heteroatoms. The molecule has 2 aliphatic rings. The molecule has 6 nitrogen and oxygen atoms in total. The number of nitrogen functional groups attached to an aromatic ring is 1. The fourth-order valence-electron chi connectivity index (χ4n) is 3.51. The number of pyridine rings is 1. The van der Waals surface area contributed by atoms with Gasteiger partial charge < -0.3 is 16.6 Å². The molecule has 2 aromatic heterocycles. The number of primary amides is 1. The van der Waals surface area contributed by atoms with E-state index in [2.05, 4.69) is 12.7 Å². The predicted octanol–water partition coefficient (Wildman–Crippen LogP) is 3.77. The molecular weight excluding hydrogens is 423 g/mol. The third kappa shape index (κ3) is 5.94. The highest BCUT2D eigenvalue weighted by Crippen LogP contribution is 2.46. The molecule has 166 valence electrons. The molecule has 0 radical (unpaired) electrons. The summed E-state index contributed by atoms with van der Waals surface area (Å²) in [6, 6.07) is 1.32. The molecule has 0 aromatic carbocycles. The summed E-state index contributed by atoms with van der Waals surface area (Å²) in [6.07, 6.45) is 7.44. The smallest absolute Gasteiger partial charge is 0.204 e. The molecule has 30 heavy (non-hydrogen) atoms. The zero-order chi connectivity index (χ0) is 22.5. The van der Waals surface area contributed by atoms with E-state index in [1.54, 1.807) is 13.8 Å². The number of rotatable bonds is 4. The van der Waals surface area contributed by atoms with Crippen molar-refractivity contribution in [1.29, 1.82) is 0 Å². The minimum atomic E-state index is -0.987. The summed E-state index contributed by atoms with van der Waals surface area (Å²) in [5, 5.41) is 14.7. The number of aliphatic hydroxyl groups is 1. The Morgan fingerprint density at radius 3 is 2.47 bits per heavy atom. The number of aryl methyl sites for hydroxylation is 2. The van der Waals surface area contributed by atoms with E-state index in [1.807, 2.05) is 0 Å². The number of thiophene rings is 1. The van der Waals surface area contributed by atoms with Crippen LogP contribution >= 0.6 is 23.3 Å². The highest BCUT2D eigenvalue weighted by atomic mass is 32.2. The Balaban J connectivity index is 0.000000194. The van der Waals surface area contributed by atoms with Crippen molar-refractivity contribution in [1.82, 2.24) is 4.98 Å². The molecule has 4 rings (SSSR count). The SMILES string of the molecule is CC(C)(O)c1cc(F)c(SN)s1.CCc1nc2c(c(N)c1C1CC1)CCC2.NC=O. The van der Waals surface area contributed by atoms with E-state index in [-0.39, 0.29) is 12.2 Å². The highest BCUT2D eigenvalue weighted by Gasteiger charge is 2.31. The number of hydrogen-bond donors (Lipinski definition) is 4. The number of halogens is 1. The molecule has 2 aliphatic carbocycles. The summed E-state index contributed by atoms with van der Waals surface area (Å²) in [5.74, 6) is 0.378. The van der Waals surface area contributed by atoms with Gasteiger partial charge >= 0.3 is 0 Å². The van der Waals surface area contributed by atoms with E-state index in [9.17, 15) is 9.50 Å². The van der Waals surface area contributed by atoms with Crippen LogP contribution in [0.5, 0.6) is 0 Å². The number of nitrogens with two attached hydrogens (primary N) is 3. The maximum absolute atomic E-state index is 12.9. The van der Waals surface area contributed by atoms with Crippen LogP contribution in [0.1, 0.15) is 73.3 Å². The summed E-state index contributed by atoms with van der Waals surface area (Å²) in [4.78, 5) is 14.0. The summed E-state index contributed by atoms with van der Waals surface area (Å²) >= 11 is 2.04. The number of carbonyl (C=O) groups is 1. The standard InChI is InChI=1S/C13H18N2.C7H10FNOS2.CH3NO/c1-2-10-12(8-6-7-8)13(14)9-4-3-5-11(9)15-10;1-7(2,10)5-3-4(8)6(11-5)12-9;2-1-3/h8H,2-7H2,1H3,(H2,14,15);3,10H,9H2,1-2H3;1H,(H2,2,3). The van der Waals surface area contributed by atoms with E-state index < -0.39 is 5.60 Å². The Kier molecular flexibility index (Phi) is 8.66.